The van der Waals surface area contributed by atoms with E-state index >= 15 is 0 Å². The topological polar surface area (TPSA) is 176 Å². The van der Waals surface area contributed by atoms with Crippen molar-refractivity contribution in [3.8, 4) is 0 Å². The molecule has 0 saturated heterocycles. The Kier molecular flexibility index (Phi) is 10.9. The molecular formula is C31H40N10O5. The first kappa shape index (κ1) is 33.5. The Morgan fingerprint density at radius 3 is 2.04 bits per heavy atom. The van der Waals surface area contributed by atoms with Gasteiger partial charge in [-0.15, -0.1) is 0 Å². The average molecular weight is 633 g/mol. The zero-order valence-electron chi connectivity index (χ0n) is 26.6. The number of amides is 5. The molecule has 5 N–H and O–H groups in total. The molecule has 4 rings (SSSR count). The lowest BCUT2D eigenvalue weighted by molar-refractivity contribution is -0.122. The molecule has 3 aromatic heterocycles. The van der Waals surface area contributed by atoms with E-state index in [1.54, 1.807) is 73.0 Å². The van der Waals surface area contributed by atoms with Gasteiger partial charge in [-0.2, -0.15) is 0 Å². The summed E-state index contributed by atoms with van der Waals surface area (Å²) in [6, 6.07) is 3.10. The van der Waals surface area contributed by atoms with Crippen LogP contribution in [-0.4, -0.2) is 86.9 Å². The fourth-order valence-electron chi connectivity index (χ4n) is 4.76. The molecule has 46 heavy (non-hydrogen) atoms. The quantitative estimate of drug-likeness (QED) is 0.167. The summed E-state index contributed by atoms with van der Waals surface area (Å²) < 4.78 is 4.65. The highest BCUT2D eigenvalue weighted by Gasteiger charge is 2.20. The van der Waals surface area contributed by atoms with E-state index in [1.807, 2.05) is 19.0 Å². The maximum Gasteiger partial charge on any atom is 0.291 e. The van der Waals surface area contributed by atoms with Gasteiger partial charge in [0.25, 0.3) is 17.7 Å². The molecule has 0 radical (unpaired) electrons. The summed E-state index contributed by atoms with van der Waals surface area (Å²) in [5.41, 5.74) is 1.48. The number of nitrogens with one attached hydrogen (secondary N) is 5. The summed E-state index contributed by atoms with van der Waals surface area (Å²) in [7, 11) is 8.93. The van der Waals surface area contributed by atoms with Gasteiger partial charge in [-0.3, -0.25) is 24.0 Å². The molecule has 0 bridgehead atoms. The van der Waals surface area contributed by atoms with E-state index in [-0.39, 0.29) is 53.9 Å². The van der Waals surface area contributed by atoms with Crippen molar-refractivity contribution >= 4 is 46.7 Å². The summed E-state index contributed by atoms with van der Waals surface area (Å²) in [4.78, 5) is 69.4. The highest BCUT2D eigenvalue weighted by molar-refractivity contribution is 6.06. The number of aromatic nitrogens is 4. The zero-order chi connectivity index (χ0) is 33.4. The van der Waals surface area contributed by atoms with Crippen LogP contribution in [0.4, 0.5) is 17.2 Å². The van der Waals surface area contributed by atoms with Crippen LogP contribution in [0.2, 0.25) is 0 Å². The van der Waals surface area contributed by atoms with Crippen LogP contribution in [0.5, 0.6) is 0 Å². The van der Waals surface area contributed by atoms with E-state index in [4.69, 9.17) is 0 Å². The molecule has 0 aromatic carbocycles. The first-order valence-electron chi connectivity index (χ1n) is 14.8. The second-order valence-corrected chi connectivity index (χ2v) is 11.2. The van der Waals surface area contributed by atoms with Crippen molar-refractivity contribution in [1.29, 1.82) is 0 Å². The largest absolute Gasteiger partial charge is 0.355 e. The number of rotatable bonds is 14. The minimum absolute atomic E-state index is 0.0424. The van der Waals surface area contributed by atoms with Gasteiger partial charge in [-0.05, 0) is 39.2 Å². The lowest BCUT2D eigenvalue weighted by Gasteiger charge is -2.10. The molecule has 15 nitrogen and oxygen atoms in total. The highest BCUT2D eigenvalue weighted by atomic mass is 16.2. The monoisotopic (exact) mass is 632 g/mol. The van der Waals surface area contributed by atoms with Gasteiger partial charge in [-0.25, -0.2) is 4.98 Å². The first-order valence-corrected chi connectivity index (χ1v) is 14.8. The van der Waals surface area contributed by atoms with Crippen LogP contribution in [0.1, 0.15) is 44.4 Å². The van der Waals surface area contributed by atoms with Gasteiger partial charge in [0.1, 0.15) is 11.4 Å². The molecule has 0 unspecified atom stereocenters. The maximum atomic E-state index is 13.0. The summed E-state index contributed by atoms with van der Waals surface area (Å²) in [5, 5.41) is 13.7. The molecule has 0 atom stereocenters. The Bertz CT molecular complexity index is 1660. The number of imidazole rings is 1. The Balaban J connectivity index is 1.29. The molecule has 5 amide bonds. The third-order valence-electron chi connectivity index (χ3n) is 7.11. The molecule has 0 saturated carbocycles. The van der Waals surface area contributed by atoms with Crippen LogP contribution >= 0.6 is 0 Å². The number of hydrogen-bond acceptors (Lipinski definition) is 7. The number of carbonyl (C=O) groups excluding carboxylic acids is 5. The van der Waals surface area contributed by atoms with Crippen LogP contribution < -0.4 is 26.6 Å². The van der Waals surface area contributed by atoms with Crippen LogP contribution in [0.15, 0.2) is 55.0 Å². The molecule has 0 fully saturated rings. The van der Waals surface area contributed by atoms with Gasteiger partial charge in [0.2, 0.25) is 17.6 Å². The van der Waals surface area contributed by atoms with E-state index in [1.165, 1.54) is 16.8 Å². The second-order valence-electron chi connectivity index (χ2n) is 11.2. The highest BCUT2D eigenvalue weighted by Crippen LogP contribution is 2.18. The number of anilines is 3. The third-order valence-corrected chi connectivity index (χ3v) is 7.11. The smallest absolute Gasteiger partial charge is 0.291 e. The zero-order valence-corrected chi connectivity index (χ0v) is 26.6. The predicted octanol–water partition coefficient (Wildman–Crippen LogP) is 1.47. The standard InChI is InChI=1S/C31H40N10O5/c1-38(2)14-8-12-32-29(44)23-16-22(18-39(23)3)35-31(46)27-36-25(19-41(27)5)37-30(45)24-15-21(17-40(24)4)34-26(42)11-13-33-28(43)20-9-6-7-10-20/h6-7,9-10,15-20H,8,11-14H2,1-5H3,(H,32,44)(H,33,43)(H,34,42)(H,35,46)(H,37,45). The normalized spacial score (nSPS) is 12.4. The van der Waals surface area contributed by atoms with Crippen LogP contribution in [0, 0.1) is 5.92 Å². The van der Waals surface area contributed by atoms with Gasteiger partial charge in [0, 0.05) is 59.2 Å². The number of hydrogen-bond donors (Lipinski definition) is 5. The fourth-order valence-corrected chi connectivity index (χ4v) is 4.76. The lowest BCUT2D eigenvalue weighted by Crippen LogP contribution is -2.31. The van der Waals surface area contributed by atoms with E-state index < -0.39 is 11.8 Å². The Hall–Kier alpha value is -5.44. The first-order chi connectivity index (χ1) is 21.9. The van der Waals surface area contributed by atoms with Crippen molar-refractivity contribution in [2.24, 2.45) is 27.1 Å². The van der Waals surface area contributed by atoms with Crippen LogP contribution in [0.25, 0.3) is 0 Å². The van der Waals surface area contributed by atoms with Gasteiger partial charge in [0.05, 0.1) is 17.3 Å². The summed E-state index contributed by atoms with van der Waals surface area (Å²) >= 11 is 0. The van der Waals surface area contributed by atoms with E-state index in [0.29, 0.717) is 23.6 Å². The van der Waals surface area contributed by atoms with Gasteiger partial charge in [-0.1, -0.05) is 24.3 Å². The lowest BCUT2D eigenvalue weighted by atomic mass is 10.1. The summed E-state index contributed by atoms with van der Waals surface area (Å²) in [6.07, 6.45) is 12.7. The molecule has 1 aliphatic carbocycles. The Labute approximate surface area is 266 Å². The fraction of sp³-hybridized carbons (Fsp3) is 0.355. The number of nitrogens with zero attached hydrogens (tertiary/aromatic N) is 5. The molecule has 0 aliphatic heterocycles. The van der Waals surface area contributed by atoms with Crippen LogP contribution in [-0.2, 0) is 30.7 Å². The molecular weight excluding hydrogens is 592 g/mol. The molecule has 3 heterocycles. The third kappa shape index (κ3) is 8.81. The van der Waals surface area contributed by atoms with Crippen molar-refractivity contribution in [1.82, 2.24) is 34.2 Å². The van der Waals surface area contributed by atoms with Crippen molar-refractivity contribution < 1.29 is 24.0 Å². The Morgan fingerprint density at radius 1 is 0.761 bits per heavy atom. The molecule has 244 valence electrons. The van der Waals surface area contributed by atoms with E-state index in [2.05, 4.69) is 31.6 Å². The SMILES string of the molecule is CN(C)CCCNC(=O)c1cc(NC(=O)c2nc(NC(=O)c3cc(NC(=O)CCNC(=O)C4C=CC=C4)cn3C)cn2C)cn1C. The van der Waals surface area contributed by atoms with E-state index in [0.717, 1.165) is 13.0 Å². The van der Waals surface area contributed by atoms with Crippen molar-refractivity contribution in [3.05, 3.63) is 72.2 Å². The van der Waals surface area contributed by atoms with Crippen molar-refractivity contribution in [3.63, 3.8) is 0 Å². The van der Waals surface area contributed by atoms with Crippen LogP contribution in [0.3, 0.4) is 0 Å². The molecule has 3 aromatic rings. The van der Waals surface area contributed by atoms with Gasteiger partial charge in [0.15, 0.2) is 5.82 Å². The predicted molar refractivity (Wildman–Crippen MR) is 173 cm³/mol. The minimum Gasteiger partial charge on any atom is -0.355 e. The number of aryl methyl sites for hydroxylation is 3. The minimum atomic E-state index is -0.525. The second kappa shape index (κ2) is 15.0. The average Bonchev–Trinajstić information content (AvgIpc) is 3.79. The van der Waals surface area contributed by atoms with E-state index in [9.17, 15) is 24.0 Å². The number of allylic oxidation sites excluding steroid dienone is 2. The maximum absolute atomic E-state index is 13.0. The van der Waals surface area contributed by atoms with Gasteiger partial charge >= 0.3 is 0 Å². The Morgan fingerprint density at radius 2 is 1.39 bits per heavy atom. The molecule has 0 spiro atoms. The molecule has 15 heteroatoms. The van der Waals surface area contributed by atoms with Crippen molar-refractivity contribution in [2.75, 3.05) is 49.7 Å². The molecule has 1 aliphatic rings. The van der Waals surface area contributed by atoms with Crippen molar-refractivity contribution in [2.45, 2.75) is 12.8 Å². The number of carbonyl (C=O) groups is 5. The summed E-state index contributed by atoms with van der Waals surface area (Å²) in [5.74, 6) is -1.88. The van der Waals surface area contributed by atoms with Gasteiger partial charge < -0.3 is 45.2 Å². The summed E-state index contributed by atoms with van der Waals surface area (Å²) in [6.45, 7) is 1.56.